The van der Waals surface area contributed by atoms with Gasteiger partial charge in [-0.15, -0.1) is 0 Å². The van der Waals surface area contributed by atoms with E-state index in [1.54, 1.807) is 0 Å². The molecule has 0 heterocycles. The Balaban J connectivity index is 2.00. The molecule has 64 valence electrons. The van der Waals surface area contributed by atoms with E-state index in [2.05, 4.69) is 6.92 Å². The third kappa shape index (κ3) is 1.00. The van der Waals surface area contributed by atoms with Gasteiger partial charge in [-0.1, -0.05) is 6.92 Å². The SMILES string of the molecule is C[C@@H]1C[C@@]1(CN)[C@H](O)C1CC1. The van der Waals surface area contributed by atoms with Gasteiger partial charge in [0.05, 0.1) is 6.10 Å². The Kier molecular flexibility index (Phi) is 1.52. The van der Waals surface area contributed by atoms with E-state index in [0.717, 1.165) is 6.42 Å². The molecule has 2 aliphatic carbocycles. The molecule has 0 amide bonds. The van der Waals surface area contributed by atoms with Crippen LogP contribution in [0.1, 0.15) is 26.2 Å². The average molecular weight is 155 g/mol. The molecule has 0 radical (unpaired) electrons. The van der Waals surface area contributed by atoms with Crippen molar-refractivity contribution in [1.82, 2.24) is 0 Å². The van der Waals surface area contributed by atoms with Crippen molar-refractivity contribution in [3.8, 4) is 0 Å². The normalized spacial score (nSPS) is 45.5. The maximum absolute atomic E-state index is 9.87. The lowest BCUT2D eigenvalue weighted by atomic mass is 9.93. The Bertz CT molecular complexity index is 163. The van der Waals surface area contributed by atoms with Crippen LogP contribution in [0.2, 0.25) is 0 Å². The minimum Gasteiger partial charge on any atom is -0.392 e. The second kappa shape index (κ2) is 2.20. The number of hydrogen-bond donors (Lipinski definition) is 2. The van der Waals surface area contributed by atoms with E-state index in [0.29, 0.717) is 18.4 Å². The maximum atomic E-state index is 9.87. The highest BCUT2D eigenvalue weighted by atomic mass is 16.3. The van der Waals surface area contributed by atoms with E-state index in [1.807, 2.05) is 0 Å². The van der Waals surface area contributed by atoms with Gasteiger partial charge in [0.15, 0.2) is 0 Å². The Labute approximate surface area is 67.8 Å². The van der Waals surface area contributed by atoms with Crippen molar-refractivity contribution in [2.75, 3.05) is 6.54 Å². The molecule has 0 aromatic heterocycles. The lowest BCUT2D eigenvalue weighted by Gasteiger charge is -2.21. The minimum absolute atomic E-state index is 0.0949. The second-order valence-electron chi connectivity index (χ2n) is 4.32. The van der Waals surface area contributed by atoms with Crippen molar-refractivity contribution in [2.24, 2.45) is 23.0 Å². The molecular weight excluding hydrogens is 138 g/mol. The zero-order valence-corrected chi connectivity index (χ0v) is 7.09. The number of nitrogens with two attached hydrogens (primary N) is 1. The molecule has 2 fully saturated rings. The van der Waals surface area contributed by atoms with E-state index in [1.165, 1.54) is 12.8 Å². The predicted molar refractivity (Wildman–Crippen MR) is 44.0 cm³/mol. The second-order valence-corrected chi connectivity index (χ2v) is 4.32. The van der Waals surface area contributed by atoms with Gasteiger partial charge >= 0.3 is 0 Å². The van der Waals surface area contributed by atoms with E-state index in [4.69, 9.17) is 5.73 Å². The zero-order chi connectivity index (χ0) is 8.06. The largest absolute Gasteiger partial charge is 0.392 e. The highest BCUT2D eigenvalue weighted by molar-refractivity contribution is 5.08. The fourth-order valence-electron chi connectivity index (χ4n) is 2.21. The fraction of sp³-hybridized carbons (Fsp3) is 1.00. The van der Waals surface area contributed by atoms with Crippen molar-refractivity contribution in [3.05, 3.63) is 0 Å². The van der Waals surface area contributed by atoms with E-state index in [9.17, 15) is 5.11 Å². The highest BCUT2D eigenvalue weighted by Gasteiger charge is 2.58. The minimum atomic E-state index is -0.0949. The summed E-state index contributed by atoms with van der Waals surface area (Å²) in [5, 5.41) is 9.87. The molecular formula is C9H17NO. The van der Waals surface area contributed by atoms with Crippen molar-refractivity contribution < 1.29 is 5.11 Å². The monoisotopic (exact) mass is 155 g/mol. The van der Waals surface area contributed by atoms with Crippen LogP contribution in [-0.4, -0.2) is 17.8 Å². The molecule has 3 atom stereocenters. The van der Waals surface area contributed by atoms with Crippen LogP contribution >= 0.6 is 0 Å². The van der Waals surface area contributed by atoms with Crippen LogP contribution in [0.15, 0.2) is 0 Å². The van der Waals surface area contributed by atoms with Gasteiger partial charge in [-0.25, -0.2) is 0 Å². The fourth-order valence-corrected chi connectivity index (χ4v) is 2.21. The third-order valence-electron chi connectivity index (χ3n) is 3.55. The van der Waals surface area contributed by atoms with Crippen LogP contribution < -0.4 is 5.73 Å². The van der Waals surface area contributed by atoms with Crippen LogP contribution in [0.4, 0.5) is 0 Å². The summed E-state index contributed by atoms with van der Waals surface area (Å²) in [6, 6.07) is 0. The first kappa shape index (κ1) is 7.56. The van der Waals surface area contributed by atoms with E-state index >= 15 is 0 Å². The van der Waals surface area contributed by atoms with Crippen LogP contribution in [0.25, 0.3) is 0 Å². The van der Waals surface area contributed by atoms with Crippen molar-refractivity contribution >= 4 is 0 Å². The first-order valence-electron chi connectivity index (χ1n) is 4.59. The van der Waals surface area contributed by atoms with Crippen LogP contribution in [-0.2, 0) is 0 Å². The van der Waals surface area contributed by atoms with Gasteiger partial charge < -0.3 is 10.8 Å². The quantitative estimate of drug-likeness (QED) is 0.631. The van der Waals surface area contributed by atoms with Gasteiger partial charge in [-0.2, -0.15) is 0 Å². The zero-order valence-electron chi connectivity index (χ0n) is 7.09. The summed E-state index contributed by atoms with van der Waals surface area (Å²) in [7, 11) is 0. The van der Waals surface area contributed by atoms with Gasteiger partial charge in [0.25, 0.3) is 0 Å². The molecule has 0 aromatic carbocycles. The number of rotatable bonds is 3. The summed E-state index contributed by atoms with van der Waals surface area (Å²) in [5.74, 6) is 1.24. The van der Waals surface area contributed by atoms with Gasteiger partial charge in [-0.05, 0) is 31.1 Å². The summed E-state index contributed by atoms with van der Waals surface area (Å²) < 4.78 is 0. The molecule has 3 N–H and O–H groups in total. The van der Waals surface area contributed by atoms with Gasteiger partial charge in [-0.3, -0.25) is 0 Å². The molecule has 0 aromatic rings. The highest BCUT2D eigenvalue weighted by Crippen LogP contribution is 2.58. The topological polar surface area (TPSA) is 46.2 Å². The molecule has 0 spiro atoms. The van der Waals surface area contributed by atoms with Crippen LogP contribution in [0.5, 0.6) is 0 Å². The standard InChI is InChI=1S/C9H17NO/c1-6-4-9(6,5-10)8(11)7-2-3-7/h6-8,11H,2-5,10H2,1H3/t6-,8-,9+/m1/s1. The van der Waals surface area contributed by atoms with E-state index < -0.39 is 0 Å². The van der Waals surface area contributed by atoms with Crippen LogP contribution in [0, 0.1) is 17.3 Å². The Hall–Kier alpha value is -0.0800. The predicted octanol–water partition coefficient (Wildman–Crippen LogP) is 0.742. The van der Waals surface area contributed by atoms with Gasteiger partial charge in [0.2, 0.25) is 0 Å². The number of hydrogen-bond acceptors (Lipinski definition) is 2. The summed E-state index contributed by atoms with van der Waals surface area (Å²) in [6.07, 6.45) is 3.48. The summed E-state index contributed by atoms with van der Waals surface area (Å²) in [4.78, 5) is 0. The molecule has 2 heteroatoms. The molecule has 11 heavy (non-hydrogen) atoms. The molecule has 0 bridgehead atoms. The van der Waals surface area contributed by atoms with Gasteiger partial charge in [0.1, 0.15) is 0 Å². The van der Waals surface area contributed by atoms with Crippen molar-refractivity contribution in [3.63, 3.8) is 0 Å². The van der Waals surface area contributed by atoms with E-state index in [-0.39, 0.29) is 11.5 Å². The lowest BCUT2D eigenvalue weighted by Crippen LogP contribution is -2.32. The Morgan fingerprint density at radius 1 is 1.64 bits per heavy atom. The summed E-state index contributed by atoms with van der Waals surface area (Å²) in [5.41, 5.74) is 5.79. The molecule has 2 nitrogen and oxygen atoms in total. The number of aliphatic hydroxyl groups excluding tert-OH is 1. The lowest BCUT2D eigenvalue weighted by molar-refractivity contribution is 0.0684. The average Bonchev–Trinajstić information content (AvgIpc) is 2.80. The van der Waals surface area contributed by atoms with Gasteiger partial charge in [0, 0.05) is 12.0 Å². The van der Waals surface area contributed by atoms with Crippen molar-refractivity contribution in [2.45, 2.75) is 32.3 Å². The molecule has 2 rings (SSSR count). The number of aliphatic hydroxyl groups is 1. The molecule has 0 unspecified atom stereocenters. The molecule has 0 aliphatic heterocycles. The first-order valence-corrected chi connectivity index (χ1v) is 4.59. The Morgan fingerprint density at radius 2 is 2.18 bits per heavy atom. The molecule has 2 saturated carbocycles. The Morgan fingerprint density at radius 3 is 2.45 bits per heavy atom. The first-order chi connectivity index (χ1) is 5.20. The summed E-state index contributed by atoms with van der Waals surface area (Å²) in [6.45, 7) is 2.87. The van der Waals surface area contributed by atoms with Crippen molar-refractivity contribution in [1.29, 1.82) is 0 Å². The molecule has 2 aliphatic rings. The maximum Gasteiger partial charge on any atom is 0.0639 e. The smallest absolute Gasteiger partial charge is 0.0639 e. The summed E-state index contributed by atoms with van der Waals surface area (Å²) >= 11 is 0. The molecule has 0 saturated heterocycles. The third-order valence-corrected chi connectivity index (χ3v) is 3.55. The van der Waals surface area contributed by atoms with Crippen LogP contribution in [0.3, 0.4) is 0 Å².